The predicted octanol–water partition coefficient (Wildman–Crippen LogP) is 5.47. The van der Waals surface area contributed by atoms with Gasteiger partial charge >= 0.3 is 0 Å². The van der Waals surface area contributed by atoms with E-state index in [0.29, 0.717) is 6.54 Å². The highest BCUT2D eigenvalue weighted by Gasteiger charge is 2.05. The van der Waals surface area contributed by atoms with Crippen molar-refractivity contribution in [1.29, 1.82) is 0 Å². The van der Waals surface area contributed by atoms with Gasteiger partial charge in [-0.2, -0.15) is 0 Å². The number of benzene rings is 2. The Morgan fingerprint density at radius 3 is 2.52 bits per heavy atom. The molecule has 3 aromatic rings. The van der Waals surface area contributed by atoms with Gasteiger partial charge in [0, 0.05) is 10.0 Å². The highest BCUT2D eigenvalue weighted by Crippen LogP contribution is 2.24. The molecule has 0 aliphatic heterocycles. The smallest absolute Gasteiger partial charge is 0.134 e. The molecule has 3 nitrogen and oxygen atoms in total. The summed E-state index contributed by atoms with van der Waals surface area (Å²) in [6.07, 6.45) is 0.921. The fourth-order valence-corrected chi connectivity index (χ4v) is 2.85. The standard InChI is InChI=1S/C20H20BrNO2.ClH/c1-23-19-5-3-2-4-15(19)12-13-22-14-18-10-11-20(24-18)16-6-8-17(21)9-7-16;/h2-11,22H,12-14H2,1H3;1H. The summed E-state index contributed by atoms with van der Waals surface area (Å²) in [6.45, 7) is 1.58. The van der Waals surface area contributed by atoms with Gasteiger partial charge in [0.15, 0.2) is 0 Å². The van der Waals surface area contributed by atoms with Gasteiger partial charge in [-0.1, -0.05) is 46.3 Å². The Morgan fingerprint density at radius 1 is 1.00 bits per heavy atom. The molecule has 0 amide bonds. The van der Waals surface area contributed by atoms with E-state index in [4.69, 9.17) is 9.15 Å². The van der Waals surface area contributed by atoms with E-state index in [-0.39, 0.29) is 12.4 Å². The lowest BCUT2D eigenvalue weighted by Gasteiger charge is -2.08. The second kappa shape index (κ2) is 9.66. The molecule has 25 heavy (non-hydrogen) atoms. The van der Waals surface area contributed by atoms with Crippen LogP contribution in [-0.4, -0.2) is 13.7 Å². The summed E-state index contributed by atoms with van der Waals surface area (Å²) in [6, 6.07) is 20.3. The number of rotatable bonds is 7. The van der Waals surface area contributed by atoms with Crippen LogP contribution < -0.4 is 10.1 Å². The molecule has 0 radical (unpaired) electrons. The second-order valence-electron chi connectivity index (χ2n) is 5.51. The van der Waals surface area contributed by atoms with E-state index < -0.39 is 0 Å². The highest BCUT2D eigenvalue weighted by molar-refractivity contribution is 9.10. The molecule has 0 saturated carbocycles. The van der Waals surface area contributed by atoms with Crippen molar-refractivity contribution in [2.75, 3.05) is 13.7 Å². The van der Waals surface area contributed by atoms with E-state index in [0.717, 1.165) is 40.3 Å². The number of hydrogen-bond acceptors (Lipinski definition) is 3. The molecule has 0 bridgehead atoms. The average Bonchev–Trinajstić information content (AvgIpc) is 3.08. The molecular weight excluding hydrogens is 402 g/mol. The first kappa shape index (κ1) is 19.6. The van der Waals surface area contributed by atoms with Crippen LogP contribution in [0.1, 0.15) is 11.3 Å². The summed E-state index contributed by atoms with van der Waals surface area (Å²) in [5.74, 6) is 2.77. The van der Waals surface area contributed by atoms with Crippen LogP contribution in [0, 0.1) is 0 Å². The molecule has 0 fully saturated rings. The molecule has 1 aromatic heterocycles. The Morgan fingerprint density at radius 2 is 1.76 bits per heavy atom. The molecule has 5 heteroatoms. The van der Waals surface area contributed by atoms with E-state index in [2.05, 4.69) is 27.3 Å². The first-order valence-corrected chi connectivity index (χ1v) is 8.73. The Balaban J connectivity index is 0.00000225. The van der Waals surface area contributed by atoms with Crippen LogP contribution >= 0.6 is 28.3 Å². The van der Waals surface area contributed by atoms with E-state index >= 15 is 0 Å². The Bertz CT molecular complexity index is 786. The van der Waals surface area contributed by atoms with Gasteiger partial charge in [-0.05, 0) is 48.9 Å². The molecule has 0 aliphatic carbocycles. The van der Waals surface area contributed by atoms with Gasteiger partial charge in [-0.15, -0.1) is 12.4 Å². The fraction of sp³-hybridized carbons (Fsp3) is 0.200. The van der Waals surface area contributed by atoms with Gasteiger partial charge in [0.05, 0.1) is 13.7 Å². The number of halogens is 2. The van der Waals surface area contributed by atoms with Crippen LogP contribution in [-0.2, 0) is 13.0 Å². The van der Waals surface area contributed by atoms with Gasteiger partial charge in [0.2, 0.25) is 0 Å². The van der Waals surface area contributed by atoms with Crippen LogP contribution in [0.2, 0.25) is 0 Å². The zero-order valence-electron chi connectivity index (χ0n) is 14.0. The van der Waals surface area contributed by atoms with Crippen LogP contribution in [0.15, 0.2) is 69.6 Å². The lowest BCUT2D eigenvalue weighted by atomic mass is 10.1. The fourth-order valence-electron chi connectivity index (χ4n) is 2.59. The van der Waals surface area contributed by atoms with Crippen molar-refractivity contribution in [1.82, 2.24) is 5.32 Å². The monoisotopic (exact) mass is 421 g/mol. The summed E-state index contributed by atoms with van der Waals surface area (Å²) in [4.78, 5) is 0. The van der Waals surface area contributed by atoms with Crippen LogP contribution in [0.5, 0.6) is 5.75 Å². The van der Waals surface area contributed by atoms with E-state index in [1.54, 1.807) is 7.11 Å². The van der Waals surface area contributed by atoms with Gasteiger partial charge in [0.25, 0.3) is 0 Å². The number of furan rings is 1. The van der Waals surface area contributed by atoms with Crippen molar-refractivity contribution in [3.05, 3.63) is 76.5 Å². The van der Waals surface area contributed by atoms with Gasteiger partial charge in [-0.3, -0.25) is 0 Å². The molecule has 0 aliphatic rings. The maximum absolute atomic E-state index is 5.90. The van der Waals surface area contributed by atoms with Gasteiger partial charge < -0.3 is 14.5 Å². The molecule has 1 heterocycles. The predicted molar refractivity (Wildman–Crippen MR) is 107 cm³/mol. The van der Waals surface area contributed by atoms with Crippen molar-refractivity contribution in [3.8, 4) is 17.1 Å². The zero-order chi connectivity index (χ0) is 16.8. The Labute approximate surface area is 162 Å². The molecular formula is C20H21BrClNO2. The van der Waals surface area contributed by atoms with Crippen molar-refractivity contribution < 1.29 is 9.15 Å². The quantitative estimate of drug-likeness (QED) is 0.513. The topological polar surface area (TPSA) is 34.4 Å². The normalized spacial score (nSPS) is 10.3. The highest BCUT2D eigenvalue weighted by atomic mass is 79.9. The Kier molecular flexibility index (Phi) is 7.56. The minimum Gasteiger partial charge on any atom is -0.496 e. The summed E-state index contributed by atoms with van der Waals surface area (Å²) in [5.41, 5.74) is 2.29. The number of ether oxygens (including phenoxy) is 1. The van der Waals surface area contributed by atoms with Crippen LogP contribution in [0.25, 0.3) is 11.3 Å². The number of hydrogen-bond donors (Lipinski definition) is 1. The average molecular weight is 423 g/mol. The molecule has 0 spiro atoms. The van der Waals surface area contributed by atoms with E-state index in [1.807, 2.05) is 54.6 Å². The SMILES string of the molecule is COc1ccccc1CCNCc1ccc(-c2ccc(Br)cc2)o1.Cl. The van der Waals surface area contributed by atoms with Crippen molar-refractivity contribution in [3.63, 3.8) is 0 Å². The zero-order valence-corrected chi connectivity index (χ0v) is 16.4. The van der Waals surface area contributed by atoms with Crippen molar-refractivity contribution in [2.24, 2.45) is 0 Å². The lowest BCUT2D eigenvalue weighted by molar-refractivity contribution is 0.408. The third kappa shape index (κ3) is 5.36. The first-order valence-electron chi connectivity index (χ1n) is 7.93. The largest absolute Gasteiger partial charge is 0.496 e. The summed E-state index contributed by atoms with van der Waals surface area (Å²) < 4.78 is 12.3. The maximum atomic E-state index is 5.90. The minimum atomic E-state index is 0. The molecule has 0 atom stereocenters. The summed E-state index contributed by atoms with van der Waals surface area (Å²) in [7, 11) is 1.71. The Hall–Kier alpha value is -1.75. The lowest BCUT2D eigenvalue weighted by Crippen LogP contribution is -2.16. The molecule has 0 unspecified atom stereocenters. The molecule has 3 rings (SSSR count). The minimum absolute atomic E-state index is 0. The number of para-hydroxylation sites is 1. The third-order valence-electron chi connectivity index (χ3n) is 3.85. The van der Waals surface area contributed by atoms with Crippen molar-refractivity contribution >= 4 is 28.3 Å². The molecule has 0 saturated heterocycles. The first-order chi connectivity index (χ1) is 11.8. The van der Waals surface area contributed by atoms with E-state index in [9.17, 15) is 0 Å². The van der Waals surface area contributed by atoms with Crippen LogP contribution in [0.4, 0.5) is 0 Å². The summed E-state index contributed by atoms with van der Waals surface area (Å²) in [5, 5.41) is 3.42. The van der Waals surface area contributed by atoms with Gasteiger partial charge in [-0.25, -0.2) is 0 Å². The summed E-state index contributed by atoms with van der Waals surface area (Å²) >= 11 is 3.45. The maximum Gasteiger partial charge on any atom is 0.134 e. The number of methoxy groups -OCH3 is 1. The third-order valence-corrected chi connectivity index (χ3v) is 4.38. The van der Waals surface area contributed by atoms with Crippen LogP contribution in [0.3, 0.4) is 0 Å². The molecule has 1 N–H and O–H groups in total. The second-order valence-corrected chi connectivity index (χ2v) is 6.43. The van der Waals surface area contributed by atoms with Gasteiger partial charge in [0.1, 0.15) is 17.3 Å². The van der Waals surface area contributed by atoms with E-state index in [1.165, 1.54) is 5.56 Å². The van der Waals surface area contributed by atoms with Crippen molar-refractivity contribution in [2.45, 2.75) is 13.0 Å². The molecule has 132 valence electrons. The number of nitrogens with one attached hydrogen (secondary N) is 1. The molecule has 2 aromatic carbocycles.